The fraction of sp³-hybridized carbons (Fsp3) is 0.364. The first-order valence-electron chi connectivity index (χ1n) is 9.74. The molecule has 4 N–H and O–H groups in total. The molecule has 2 atom stereocenters. The smallest absolute Gasteiger partial charge is 0.253 e. The lowest BCUT2D eigenvalue weighted by molar-refractivity contribution is 0.152. The van der Waals surface area contributed by atoms with Crippen molar-refractivity contribution in [2.24, 2.45) is 5.41 Å². The molecule has 1 aliphatic rings. The van der Waals surface area contributed by atoms with Gasteiger partial charge >= 0.3 is 0 Å². The van der Waals surface area contributed by atoms with E-state index in [9.17, 15) is 19.1 Å². The number of aryl methyl sites for hydroxylation is 1. The van der Waals surface area contributed by atoms with E-state index in [-0.39, 0.29) is 28.5 Å². The number of aliphatic hydroxyl groups is 1. The number of anilines is 3. The van der Waals surface area contributed by atoms with E-state index in [1.807, 2.05) is 39.8 Å². The van der Waals surface area contributed by atoms with Gasteiger partial charge in [-0.2, -0.15) is 0 Å². The van der Waals surface area contributed by atoms with Crippen LogP contribution in [0.25, 0.3) is 0 Å². The van der Waals surface area contributed by atoms with Crippen LogP contribution in [0.5, 0.6) is 0 Å². The van der Waals surface area contributed by atoms with E-state index in [0.717, 1.165) is 15.3 Å². The van der Waals surface area contributed by atoms with Crippen LogP contribution in [0.2, 0.25) is 0 Å². The van der Waals surface area contributed by atoms with Crippen LogP contribution in [0.15, 0.2) is 33.9 Å². The quantitative estimate of drug-likeness (QED) is 0.461. The van der Waals surface area contributed by atoms with Gasteiger partial charge < -0.3 is 15.7 Å². The highest BCUT2D eigenvalue weighted by Gasteiger charge is 2.33. The van der Waals surface area contributed by atoms with Crippen LogP contribution in [0.1, 0.15) is 53.9 Å². The topological polar surface area (TPSA) is 90.5 Å². The summed E-state index contributed by atoms with van der Waals surface area (Å²) in [4.78, 5) is 26.9. The molecule has 8 heteroatoms. The summed E-state index contributed by atoms with van der Waals surface area (Å²) in [6, 6.07) is 6.69. The molecule has 2 heterocycles. The van der Waals surface area contributed by atoms with Gasteiger partial charge in [0.1, 0.15) is 23.4 Å². The fourth-order valence-corrected chi connectivity index (χ4v) is 4.95. The number of thiophene rings is 1. The molecule has 0 saturated carbocycles. The molecule has 0 spiro atoms. The second-order valence-electron chi connectivity index (χ2n) is 8.70. The summed E-state index contributed by atoms with van der Waals surface area (Å²) in [5.74, 6) is -0.600. The average molecular weight is 430 g/mol. The molecule has 6 nitrogen and oxygen atoms in total. The van der Waals surface area contributed by atoms with Gasteiger partial charge in [0.15, 0.2) is 0 Å². The minimum absolute atomic E-state index is 0.0134. The van der Waals surface area contributed by atoms with Gasteiger partial charge in [0.2, 0.25) is 0 Å². The van der Waals surface area contributed by atoms with Crippen molar-refractivity contribution in [3.63, 3.8) is 0 Å². The van der Waals surface area contributed by atoms with Crippen molar-refractivity contribution >= 4 is 28.4 Å². The molecule has 30 heavy (non-hydrogen) atoms. The molecule has 1 aromatic heterocycles. The molecule has 0 aliphatic carbocycles. The largest absolute Gasteiger partial charge is 0.374 e. The van der Waals surface area contributed by atoms with Gasteiger partial charge in [-0.05, 0) is 36.1 Å². The molecule has 0 saturated heterocycles. The van der Waals surface area contributed by atoms with Gasteiger partial charge in [-0.3, -0.25) is 14.9 Å². The van der Waals surface area contributed by atoms with E-state index in [4.69, 9.17) is 0 Å². The molecule has 0 radical (unpaired) electrons. The van der Waals surface area contributed by atoms with Crippen molar-refractivity contribution in [1.82, 2.24) is 5.32 Å². The summed E-state index contributed by atoms with van der Waals surface area (Å²) in [5, 5.41) is 19.0. The lowest BCUT2D eigenvalue weighted by Gasteiger charge is -2.32. The molecule has 3 aromatic rings. The van der Waals surface area contributed by atoms with E-state index in [1.165, 1.54) is 6.07 Å². The molecule has 158 valence electrons. The minimum atomic E-state index is -1.04. The lowest BCUT2D eigenvalue weighted by atomic mass is 9.85. The van der Waals surface area contributed by atoms with E-state index >= 15 is 0 Å². The fourth-order valence-electron chi connectivity index (χ4n) is 3.78. The first-order valence-corrected chi connectivity index (χ1v) is 10.6. The highest BCUT2D eigenvalue weighted by atomic mass is 32.1. The zero-order valence-corrected chi connectivity index (χ0v) is 18.0. The first-order chi connectivity index (χ1) is 14.1. The monoisotopic (exact) mass is 429 g/mol. The van der Waals surface area contributed by atoms with Gasteiger partial charge in [-0.1, -0.05) is 26.8 Å². The number of rotatable bonds is 5. The van der Waals surface area contributed by atoms with Gasteiger partial charge in [0, 0.05) is 21.9 Å². The van der Waals surface area contributed by atoms with Crippen molar-refractivity contribution in [2.75, 3.05) is 10.6 Å². The van der Waals surface area contributed by atoms with Crippen molar-refractivity contribution < 1.29 is 9.50 Å². The maximum Gasteiger partial charge on any atom is 0.253 e. The van der Waals surface area contributed by atoms with E-state index in [2.05, 4.69) is 16.0 Å². The SMILES string of the molecule is Cc1ccc([C@H](Nc2c(Nc3c(F)ccc4c3C(O)NC4)c(=O)c2=O)C(C)(C)C)s1. The Balaban J connectivity index is 1.71. The van der Waals surface area contributed by atoms with Crippen LogP contribution >= 0.6 is 11.3 Å². The van der Waals surface area contributed by atoms with Crippen LogP contribution in [0, 0.1) is 18.2 Å². The van der Waals surface area contributed by atoms with Crippen molar-refractivity contribution in [1.29, 1.82) is 0 Å². The number of halogens is 1. The zero-order valence-electron chi connectivity index (χ0n) is 17.2. The Morgan fingerprint density at radius 2 is 1.83 bits per heavy atom. The summed E-state index contributed by atoms with van der Waals surface area (Å²) in [6.07, 6.45) is -1.04. The Kier molecular flexibility index (Phi) is 5.04. The second kappa shape index (κ2) is 7.30. The normalized spacial score (nSPS) is 17.2. The van der Waals surface area contributed by atoms with Gasteiger partial charge in [-0.15, -0.1) is 11.3 Å². The third-order valence-electron chi connectivity index (χ3n) is 5.40. The number of hydrogen-bond acceptors (Lipinski definition) is 7. The highest BCUT2D eigenvalue weighted by molar-refractivity contribution is 7.12. The Hall–Kier alpha value is -2.55. The summed E-state index contributed by atoms with van der Waals surface area (Å²) >= 11 is 1.62. The molecule has 1 unspecified atom stereocenters. The van der Waals surface area contributed by atoms with Crippen molar-refractivity contribution in [3.8, 4) is 0 Å². The highest BCUT2D eigenvalue weighted by Crippen LogP contribution is 2.41. The molecule has 0 fully saturated rings. The average Bonchev–Trinajstić information content (AvgIpc) is 3.27. The summed E-state index contributed by atoms with van der Waals surface area (Å²) in [7, 11) is 0. The Morgan fingerprint density at radius 1 is 1.13 bits per heavy atom. The lowest BCUT2D eigenvalue weighted by Crippen LogP contribution is -2.39. The van der Waals surface area contributed by atoms with E-state index < -0.39 is 22.9 Å². The molecular weight excluding hydrogens is 405 g/mol. The molecule has 1 aliphatic heterocycles. The summed E-state index contributed by atoms with van der Waals surface area (Å²) in [6.45, 7) is 8.54. The first kappa shape index (κ1) is 20.7. The van der Waals surface area contributed by atoms with E-state index in [0.29, 0.717) is 12.1 Å². The summed E-state index contributed by atoms with van der Waals surface area (Å²) < 4.78 is 14.6. The van der Waals surface area contributed by atoms with Crippen LogP contribution in [0.3, 0.4) is 0 Å². The molecule has 0 bridgehead atoms. The predicted octanol–water partition coefficient (Wildman–Crippen LogP) is 3.83. The number of fused-ring (bicyclic) bond motifs is 1. The number of benzene rings is 1. The number of aliphatic hydroxyl groups excluding tert-OH is 1. The molecular formula is C22H24FN3O3S. The Morgan fingerprint density at radius 3 is 2.47 bits per heavy atom. The number of hydrogen-bond donors (Lipinski definition) is 4. The third-order valence-corrected chi connectivity index (χ3v) is 6.47. The van der Waals surface area contributed by atoms with Crippen molar-refractivity contribution in [2.45, 2.75) is 46.5 Å². The van der Waals surface area contributed by atoms with Crippen LogP contribution in [-0.4, -0.2) is 5.11 Å². The standard InChI is InChI=1S/C22H24FN3O3S/c1-10-5-8-13(30-10)20(22(2,3)4)26-17-16(18(27)19(17)28)25-15-12(23)7-6-11-9-24-21(29)14(11)15/h5-8,20-21,24-26,29H,9H2,1-4H3/t20-,21?/m0/s1. The third kappa shape index (κ3) is 3.45. The maximum atomic E-state index is 14.6. The van der Waals surface area contributed by atoms with Crippen LogP contribution in [0.4, 0.5) is 21.5 Å². The second-order valence-corrected chi connectivity index (χ2v) is 10.0. The molecule has 2 aromatic carbocycles. The van der Waals surface area contributed by atoms with Gasteiger partial charge in [-0.25, -0.2) is 4.39 Å². The van der Waals surface area contributed by atoms with Crippen LogP contribution in [-0.2, 0) is 6.54 Å². The van der Waals surface area contributed by atoms with Gasteiger partial charge in [0.25, 0.3) is 10.9 Å². The molecule has 4 rings (SSSR count). The number of nitrogens with one attached hydrogen (secondary N) is 3. The van der Waals surface area contributed by atoms with Crippen LogP contribution < -0.4 is 26.8 Å². The summed E-state index contributed by atoms with van der Waals surface area (Å²) in [5.41, 5.74) is -0.307. The zero-order chi connectivity index (χ0) is 21.8. The molecule has 0 amide bonds. The maximum absolute atomic E-state index is 14.6. The Labute approximate surface area is 177 Å². The van der Waals surface area contributed by atoms with Gasteiger partial charge in [0.05, 0.1) is 11.7 Å². The minimum Gasteiger partial charge on any atom is -0.374 e. The van der Waals surface area contributed by atoms with Crippen molar-refractivity contribution in [3.05, 3.63) is 71.4 Å². The van der Waals surface area contributed by atoms with E-state index in [1.54, 1.807) is 17.4 Å². The Bertz CT molecular complexity index is 1190. The predicted molar refractivity (Wildman–Crippen MR) is 118 cm³/mol.